The van der Waals surface area contributed by atoms with Crippen LogP contribution >= 0.6 is 0 Å². The molecular formula is C22H20N4O5. The number of carbonyl (C=O) groups excluding carboxylic acids is 1. The van der Waals surface area contributed by atoms with Crippen LogP contribution in [0.25, 0.3) is 5.69 Å². The fraction of sp³-hybridized carbons (Fsp3) is 0.182. The minimum Gasteiger partial charge on any atom is -0.464 e. The third kappa shape index (κ3) is 4.04. The summed E-state index contributed by atoms with van der Waals surface area (Å²) in [5, 5.41) is 20.8. The predicted octanol–water partition coefficient (Wildman–Crippen LogP) is 4.34. The minimum atomic E-state index is -0.780. The summed E-state index contributed by atoms with van der Waals surface area (Å²) in [5.74, 6) is -0.0288. The number of nitrogens with two attached hydrogens (primary N) is 1. The standard InChI is InChI=1S/C22H20N4O5/c1-12-5-13(2)14(3)19(6-12)31-18-8-16(7-17(9-18)26(28)29)25-11-15(10-23)20(24)21(25)22(27)30-4/h5-9,11H,24H2,1-4H3. The van der Waals surface area contributed by atoms with Gasteiger partial charge in [0.1, 0.15) is 17.6 Å². The molecule has 0 bridgehead atoms. The zero-order valence-corrected chi connectivity index (χ0v) is 17.4. The van der Waals surface area contributed by atoms with Crippen LogP contribution in [-0.2, 0) is 4.74 Å². The number of nitriles is 1. The number of hydrogen-bond acceptors (Lipinski definition) is 7. The Morgan fingerprint density at radius 1 is 1.19 bits per heavy atom. The monoisotopic (exact) mass is 420 g/mol. The van der Waals surface area contributed by atoms with Crippen molar-refractivity contribution in [3.63, 3.8) is 0 Å². The largest absolute Gasteiger partial charge is 0.464 e. The first kappa shape index (κ1) is 21.4. The molecule has 0 saturated heterocycles. The van der Waals surface area contributed by atoms with Gasteiger partial charge in [0, 0.05) is 18.3 Å². The number of non-ortho nitro benzene ring substituents is 1. The van der Waals surface area contributed by atoms with E-state index in [1.165, 1.54) is 36.1 Å². The van der Waals surface area contributed by atoms with Gasteiger partial charge in [0.05, 0.1) is 35.0 Å². The van der Waals surface area contributed by atoms with Gasteiger partial charge in [-0.15, -0.1) is 0 Å². The Hall–Kier alpha value is -4.32. The summed E-state index contributed by atoms with van der Waals surface area (Å²) in [6.07, 6.45) is 1.33. The van der Waals surface area contributed by atoms with E-state index in [4.69, 9.17) is 15.2 Å². The lowest BCUT2D eigenvalue weighted by molar-refractivity contribution is -0.384. The third-order valence-electron chi connectivity index (χ3n) is 4.90. The Kier molecular flexibility index (Phi) is 5.66. The van der Waals surface area contributed by atoms with Crippen molar-refractivity contribution in [2.75, 3.05) is 12.8 Å². The number of hydrogen-bond donors (Lipinski definition) is 1. The number of methoxy groups -OCH3 is 1. The van der Waals surface area contributed by atoms with Gasteiger partial charge < -0.3 is 19.8 Å². The zero-order valence-electron chi connectivity index (χ0n) is 17.4. The van der Waals surface area contributed by atoms with Crippen LogP contribution < -0.4 is 10.5 Å². The second-order valence-corrected chi connectivity index (χ2v) is 7.03. The van der Waals surface area contributed by atoms with Crippen molar-refractivity contribution in [3.05, 3.63) is 74.6 Å². The number of rotatable bonds is 5. The van der Waals surface area contributed by atoms with Crippen molar-refractivity contribution in [3.8, 4) is 23.3 Å². The molecule has 1 heterocycles. The molecule has 0 atom stereocenters. The lowest BCUT2D eigenvalue weighted by Crippen LogP contribution is -2.11. The van der Waals surface area contributed by atoms with E-state index in [9.17, 15) is 20.2 Å². The van der Waals surface area contributed by atoms with Gasteiger partial charge in [-0.1, -0.05) is 6.07 Å². The Labute approximate surface area is 178 Å². The van der Waals surface area contributed by atoms with Crippen molar-refractivity contribution in [2.24, 2.45) is 0 Å². The molecule has 3 aromatic rings. The van der Waals surface area contributed by atoms with E-state index in [-0.39, 0.29) is 34.1 Å². The summed E-state index contributed by atoms with van der Waals surface area (Å²) in [6, 6.07) is 9.81. The van der Waals surface area contributed by atoms with Crippen molar-refractivity contribution in [1.82, 2.24) is 4.57 Å². The number of esters is 1. The highest BCUT2D eigenvalue weighted by atomic mass is 16.6. The average molecular weight is 420 g/mol. The average Bonchev–Trinajstić information content (AvgIpc) is 3.07. The summed E-state index contributed by atoms with van der Waals surface area (Å²) in [7, 11) is 1.18. The SMILES string of the molecule is COC(=O)c1c(N)c(C#N)cn1-c1cc(Oc2cc(C)cc(C)c2C)cc([N+](=O)[O-])c1. The molecule has 2 N–H and O–H groups in total. The highest BCUT2D eigenvalue weighted by Crippen LogP contribution is 2.34. The maximum atomic E-state index is 12.3. The second kappa shape index (κ2) is 8.20. The van der Waals surface area contributed by atoms with E-state index >= 15 is 0 Å². The predicted molar refractivity (Wildman–Crippen MR) is 114 cm³/mol. The molecular weight excluding hydrogens is 400 g/mol. The van der Waals surface area contributed by atoms with Crippen LogP contribution in [0.1, 0.15) is 32.7 Å². The minimum absolute atomic E-state index is 0.0412. The fourth-order valence-corrected chi connectivity index (χ4v) is 3.22. The topological polar surface area (TPSA) is 133 Å². The number of benzene rings is 2. The molecule has 2 aromatic carbocycles. The number of nitrogen functional groups attached to an aromatic ring is 1. The molecule has 0 aliphatic heterocycles. The molecule has 1 aromatic heterocycles. The smallest absolute Gasteiger partial charge is 0.357 e. The Morgan fingerprint density at radius 3 is 2.52 bits per heavy atom. The van der Waals surface area contributed by atoms with Crippen LogP contribution in [-0.4, -0.2) is 22.6 Å². The van der Waals surface area contributed by atoms with Gasteiger partial charge in [-0.25, -0.2) is 4.79 Å². The van der Waals surface area contributed by atoms with E-state index in [1.807, 2.05) is 39.0 Å². The third-order valence-corrected chi connectivity index (χ3v) is 4.90. The van der Waals surface area contributed by atoms with Crippen molar-refractivity contribution in [1.29, 1.82) is 5.26 Å². The quantitative estimate of drug-likeness (QED) is 0.368. The van der Waals surface area contributed by atoms with Crippen LogP contribution in [0.2, 0.25) is 0 Å². The Balaban J connectivity index is 2.21. The highest BCUT2D eigenvalue weighted by molar-refractivity contribution is 5.96. The molecule has 0 radical (unpaired) electrons. The Bertz CT molecular complexity index is 1250. The summed E-state index contributed by atoms with van der Waals surface area (Å²) in [5.41, 5.74) is 8.66. The van der Waals surface area contributed by atoms with Crippen molar-refractivity contribution in [2.45, 2.75) is 20.8 Å². The maximum absolute atomic E-state index is 12.3. The van der Waals surface area contributed by atoms with Crippen LogP contribution in [0.5, 0.6) is 11.5 Å². The highest BCUT2D eigenvalue weighted by Gasteiger charge is 2.23. The molecule has 9 nitrogen and oxygen atoms in total. The molecule has 3 rings (SSSR count). The molecule has 0 unspecified atom stereocenters. The summed E-state index contributed by atoms with van der Waals surface area (Å²) in [6.45, 7) is 5.76. The molecule has 0 amide bonds. The first-order chi connectivity index (χ1) is 14.7. The van der Waals surface area contributed by atoms with Crippen molar-refractivity contribution >= 4 is 17.3 Å². The lowest BCUT2D eigenvalue weighted by Gasteiger charge is -2.14. The molecule has 31 heavy (non-hydrogen) atoms. The van der Waals surface area contributed by atoms with Crippen molar-refractivity contribution < 1.29 is 19.2 Å². The van der Waals surface area contributed by atoms with E-state index in [0.29, 0.717) is 5.75 Å². The molecule has 0 aliphatic carbocycles. The molecule has 0 aliphatic rings. The molecule has 0 spiro atoms. The normalized spacial score (nSPS) is 10.4. The summed E-state index contributed by atoms with van der Waals surface area (Å²) < 4.78 is 12.0. The van der Waals surface area contributed by atoms with Crippen LogP contribution in [0.4, 0.5) is 11.4 Å². The number of nitrogens with zero attached hydrogens (tertiary/aromatic N) is 3. The fourth-order valence-electron chi connectivity index (χ4n) is 3.22. The number of nitro groups is 1. The van der Waals surface area contributed by atoms with Gasteiger partial charge >= 0.3 is 5.97 Å². The van der Waals surface area contributed by atoms with Gasteiger partial charge in [-0.05, 0) is 43.5 Å². The lowest BCUT2D eigenvalue weighted by atomic mass is 10.1. The van der Waals surface area contributed by atoms with Gasteiger partial charge in [-0.3, -0.25) is 10.1 Å². The first-order valence-corrected chi connectivity index (χ1v) is 9.21. The number of nitro benzene ring substituents is 1. The van der Waals surface area contributed by atoms with Crippen LogP contribution in [0.3, 0.4) is 0 Å². The van der Waals surface area contributed by atoms with Crippen LogP contribution in [0, 0.1) is 42.2 Å². The second-order valence-electron chi connectivity index (χ2n) is 7.03. The van der Waals surface area contributed by atoms with Gasteiger partial charge in [-0.2, -0.15) is 5.26 Å². The van der Waals surface area contributed by atoms with Gasteiger partial charge in [0.2, 0.25) is 0 Å². The van der Waals surface area contributed by atoms with E-state index in [1.54, 1.807) is 0 Å². The van der Waals surface area contributed by atoms with E-state index < -0.39 is 10.9 Å². The van der Waals surface area contributed by atoms with E-state index in [0.717, 1.165) is 16.7 Å². The van der Waals surface area contributed by atoms with E-state index in [2.05, 4.69) is 0 Å². The first-order valence-electron chi connectivity index (χ1n) is 9.21. The summed E-state index contributed by atoms with van der Waals surface area (Å²) in [4.78, 5) is 23.2. The zero-order chi connectivity index (χ0) is 22.9. The number of aromatic nitrogens is 1. The number of anilines is 1. The maximum Gasteiger partial charge on any atom is 0.357 e. The number of carbonyl (C=O) groups is 1. The molecule has 9 heteroatoms. The molecule has 0 saturated carbocycles. The Morgan fingerprint density at radius 2 is 1.90 bits per heavy atom. The van der Waals surface area contributed by atoms with Gasteiger partial charge in [0.15, 0.2) is 5.69 Å². The number of ether oxygens (including phenoxy) is 2. The van der Waals surface area contributed by atoms with Crippen LogP contribution in [0.15, 0.2) is 36.5 Å². The molecule has 0 fully saturated rings. The summed E-state index contributed by atoms with van der Waals surface area (Å²) >= 11 is 0. The van der Waals surface area contributed by atoms with Gasteiger partial charge in [0.25, 0.3) is 5.69 Å². The molecule has 158 valence electrons. The number of aryl methyl sites for hydroxylation is 2.